The molecular weight excluding hydrogens is 576 g/mol. The number of H-pyrrole nitrogens is 1. The molecule has 0 spiro atoms. The Kier molecular flexibility index (Phi) is 10.5. The number of benzene rings is 3. The van der Waals surface area contributed by atoms with Gasteiger partial charge in [-0.15, -0.1) is 0 Å². The number of rotatable bonds is 14. The molecule has 2 heterocycles. The fraction of sp³-hybridized carbons (Fsp3) is 0.371. The number of aliphatic hydroxyl groups excluding tert-OH is 1. The molecule has 2 N–H and O–H groups in total. The van der Waals surface area contributed by atoms with Crippen LogP contribution in [0.3, 0.4) is 0 Å². The third kappa shape index (κ3) is 6.89. The predicted octanol–water partition coefficient (Wildman–Crippen LogP) is 4.40. The fourth-order valence-corrected chi connectivity index (χ4v) is 5.74. The molecule has 0 bridgehead atoms. The average Bonchev–Trinajstić information content (AvgIpc) is 3.38. The summed E-state index contributed by atoms with van der Waals surface area (Å²) < 4.78 is 31.5. The summed E-state index contributed by atoms with van der Waals surface area (Å²) in [6.07, 6.45) is 0.265. The molecule has 1 saturated heterocycles. The number of aromatic nitrogens is 2. The summed E-state index contributed by atoms with van der Waals surface area (Å²) in [4.78, 5) is 26.8. The van der Waals surface area contributed by atoms with Gasteiger partial charge in [0.25, 0.3) is 5.56 Å². The number of nitrogens with zero attached hydrogens (tertiary/aromatic N) is 1. The van der Waals surface area contributed by atoms with Crippen molar-refractivity contribution in [3.8, 4) is 11.5 Å². The first kappa shape index (κ1) is 32.2. The van der Waals surface area contributed by atoms with Crippen molar-refractivity contribution in [3.63, 3.8) is 0 Å². The maximum Gasteiger partial charge on any atom is 0.330 e. The monoisotopic (exact) mass is 616 g/mol. The van der Waals surface area contributed by atoms with E-state index in [4.69, 9.17) is 23.7 Å². The van der Waals surface area contributed by atoms with Gasteiger partial charge in [0.15, 0.2) is 6.23 Å². The Balaban J connectivity index is 1.54. The van der Waals surface area contributed by atoms with Crippen LogP contribution in [0.2, 0.25) is 0 Å². The van der Waals surface area contributed by atoms with E-state index in [1.54, 1.807) is 14.2 Å². The van der Waals surface area contributed by atoms with E-state index in [1.807, 2.05) is 78.9 Å². The van der Waals surface area contributed by atoms with Crippen LogP contribution in [-0.2, 0) is 19.8 Å². The Morgan fingerprint density at radius 3 is 2.00 bits per heavy atom. The summed E-state index contributed by atoms with van der Waals surface area (Å²) in [5.74, 6) is 1.39. The van der Waals surface area contributed by atoms with Gasteiger partial charge in [-0.2, -0.15) is 0 Å². The van der Waals surface area contributed by atoms with Crippen LogP contribution < -0.4 is 20.7 Å². The molecule has 0 aliphatic carbocycles. The van der Waals surface area contributed by atoms with Crippen molar-refractivity contribution in [2.75, 3.05) is 27.4 Å². The molecule has 0 radical (unpaired) electrons. The largest absolute Gasteiger partial charge is 0.497 e. The third-order valence-corrected chi connectivity index (χ3v) is 8.13. The van der Waals surface area contributed by atoms with Crippen molar-refractivity contribution in [2.24, 2.45) is 0 Å². The number of nitrogens with one attached hydrogen (secondary N) is 1. The maximum atomic E-state index is 12.8. The molecule has 4 atom stereocenters. The van der Waals surface area contributed by atoms with Crippen LogP contribution >= 0.6 is 0 Å². The minimum atomic E-state index is -1.13. The van der Waals surface area contributed by atoms with Crippen LogP contribution in [0.25, 0.3) is 0 Å². The van der Waals surface area contributed by atoms with Crippen LogP contribution in [0.4, 0.5) is 0 Å². The summed E-state index contributed by atoms with van der Waals surface area (Å²) in [6, 6.07) is 26.3. The number of aromatic amines is 1. The minimum Gasteiger partial charge on any atom is -0.497 e. The van der Waals surface area contributed by atoms with Crippen molar-refractivity contribution in [3.05, 3.63) is 129 Å². The van der Waals surface area contributed by atoms with Gasteiger partial charge in [0, 0.05) is 18.9 Å². The second kappa shape index (κ2) is 14.7. The zero-order chi connectivity index (χ0) is 31.8. The van der Waals surface area contributed by atoms with Gasteiger partial charge in [0.05, 0.1) is 20.8 Å². The lowest BCUT2D eigenvalue weighted by molar-refractivity contribution is -0.0982. The predicted molar refractivity (Wildman–Crippen MR) is 169 cm³/mol. The van der Waals surface area contributed by atoms with Crippen molar-refractivity contribution in [1.82, 2.24) is 9.55 Å². The Morgan fingerprint density at radius 2 is 1.44 bits per heavy atom. The van der Waals surface area contributed by atoms with Crippen LogP contribution in [0.5, 0.6) is 11.5 Å². The number of methoxy groups -OCH3 is 2. The second-order valence-electron chi connectivity index (χ2n) is 10.9. The molecule has 1 aliphatic rings. The summed E-state index contributed by atoms with van der Waals surface area (Å²) in [6.45, 7) is 2.42. The molecule has 10 nitrogen and oxygen atoms in total. The smallest absolute Gasteiger partial charge is 0.330 e. The molecule has 238 valence electrons. The van der Waals surface area contributed by atoms with Gasteiger partial charge in [-0.25, -0.2) is 4.79 Å². The van der Waals surface area contributed by atoms with Gasteiger partial charge < -0.3 is 28.8 Å². The Labute approximate surface area is 262 Å². The van der Waals surface area contributed by atoms with E-state index < -0.39 is 41.4 Å². The molecule has 0 unspecified atom stereocenters. The van der Waals surface area contributed by atoms with Gasteiger partial charge in [0.1, 0.15) is 35.4 Å². The molecular formula is C35H40N2O8. The molecule has 1 fully saturated rings. The SMILES string of the molecule is CCCCCO[C@@H]1[C@H](O)[C@@H](COC(c2ccccc2)(c2ccc(OC)cc2)c2ccc(OC)cc2)O[C@H]1n1ccc(=O)[nH]c1=O. The Bertz CT molecular complexity index is 1570. The van der Waals surface area contributed by atoms with E-state index in [9.17, 15) is 14.7 Å². The molecule has 1 aromatic heterocycles. The number of hydrogen-bond acceptors (Lipinski definition) is 8. The molecule has 5 rings (SSSR count). The first-order valence-corrected chi connectivity index (χ1v) is 15.2. The standard InChI is InChI=1S/C35H40N2O8/c1-4-5-9-22-43-32-31(39)29(45-33(32)37-21-20-30(38)36-34(37)40)23-44-35(24-10-7-6-8-11-24,25-12-16-27(41-2)17-13-25)26-14-18-28(42-3)19-15-26/h6-8,10-21,29,31-33,39H,4-5,9,22-23H2,1-3H3,(H,36,38,40)/t29-,31-,32-,33-/m1/s1. The van der Waals surface area contributed by atoms with Gasteiger partial charge in [-0.05, 0) is 47.4 Å². The second-order valence-corrected chi connectivity index (χ2v) is 10.9. The zero-order valence-corrected chi connectivity index (χ0v) is 25.8. The molecule has 0 amide bonds. The van der Waals surface area contributed by atoms with Crippen LogP contribution in [-0.4, -0.2) is 60.4 Å². The molecule has 45 heavy (non-hydrogen) atoms. The Hall–Kier alpha value is -4.22. The number of unbranched alkanes of at least 4 members (excludes halogenated alkanes) is 2. The number of aliphatic hydroxyl groups is 1. The van der Waals surface area contributed by atoms with Crippen molar-refractivity contribution in [1.29, 1.82) is 0 Å². The van der Waals surface area contributed by atoms with E-state index in [2.05, 4.69) is 11.9 Å². The lowest BCUT2D eigenvalue weighted by atomic mass is 9.80. The molecule has 3 aromatic carbocycles. The molecule has 10 heteroatoms. The van der Waals surface area contributed by atoms with Crippen molar-refractivity contribution < 1.29 is 28.8 Å². The van der Waals surface area contributed by atoms with Crippen LogP contribution in [0.15, 0.2) is 101 Å². The van der Waals surface area contributed by atoms with Gasteiger partial charge >= 0.3 is 5.69 Å². The highest BCUT2D eigenvalue weighted by Crippen LogP contribution is 2.43. The number of hydrogen-bond donors (Lipinski definition) is 2. The quantitative estimate of drug-likeness (QED) is 0.158. The molecule has 1 aliphatic heterocycles. The van der Waals surface area contributed by atoms with Crippen LogP contribution in [0, 0.1) is 0 Å². The lowest BCUT2D eigenvalue weighted by Gasteiger charge is -2.37. The Morgan fingerprint density at radius 1 is 0.844 bits per heavy atom. The topological polar surface area (TPSA) is 121 Å². The van der Waals surface area contributed by atoms with E-state index in [-0.39, 0.29) is 6.61 Å². The summed E-state index contributed by atoms with van der Waals surface area (Å²) in [7, 11) is 3.23. The first-order chi connectivity index (χ1) is 21.9. The van der Waals surface area contributed by atoms with Crippen molar-refractivity contribution in [2.45, 2.75) is 56.3 Å². The van der Waals surface area contributed by atoms with Crippen molar-refractivity contribution >= 4 is 0 Å². The van der Waals surface area contributed by atoms with E-state index in [1.165, 1.54) is 16.8 Å². The molecule has 0 saturated carbocycles. The van der Waals surface area contributed by atoms with E-state index in [0.717, 1.165) is 36.0 Å². The van der Waals surface area contributed by atoms with Gasteiger partial charge in [-0.1, -0.05) is 74.4 Å². The zero-order valence-electron chi connectivity index (χ0n) is 25.8. The van der Waals surface area contributed by atoms with Gasteiger partial charge in [-0.3, -0.25) is 14.3 Å². The average molecular weight is 617 g/mol. The highest BCUT2D eigenvalue weighted by atomic mass is 16.6. The summed E-state index contributed by atoms with van der Waals surface area (Å²) in [5, 5.41) is 11.6. The normalized spacial score (nSPS) is 19.8. The minimum absolute atomic E-state index is 0.0580. The first-order valence-electron chi connectivity index (χ1n) is 15.2. The van der Waals surface area contributed by atoms with E-state index >= 15 is 0 Å². The lowest BCUT2D eigenvalue weighted by Crippen LogP contribution is -2.41. The van der Waals surface area contributed by atoms with Gasteiger partial charge in [0.2, 0.25) is 0 Å². The van der Waals surface area contributed by atoms with E-state index in [0.29, 0.717) is 18.1 Å². The summed E-state index contributed by atoms with van der Waals surface area (Å²) >= 11 is 0. The van der Waals surface area contributed by atoms with Crippen LogP contribution in [0.1, 0.15) is 49.1 Å². The third-order valence-electron chi connectivity index (χ3n) is 8.13. The highest BCUT2D eigenvalue weighted by Gasteiger charge is 2.48. The number of ether oxygens (including phenoxy) is 5. The summed E-state index contributed by atoms with van der Waals surface area (Å²) in [5.41, 5.74) is 0.197. The molecule has 4 aromatic rings. The maximum absolute atomic E-state index is 12.8. The highest BCUT2D eigenvalue weighted by molar-refractivity contribution is 5.49. The fourth-order valence-electron chi connectivity index (χ4n) is 5.74.